The van der Waals surface area contributed by atoms with E-state index in [1.807, 2.05) is 0 Å². The maximum Gasteiger partial charge on any atom is 0.0558 e. The molecule has 6 heteroatoms. The highest BCUT2D eigenvalue weighted by atomic mass is 16.3. The lowest BCUT2D eigenvalue weighted by molar-refractivity contribution is 0.151. The highest BCUT2D eigenvalue weighted by molar-refractivity contribution is 4.65. The van der Waals surface area contributed by atoms with Crippen LogP contribution in [-0.2, 0) is 0 Å². The number of aliphatic hydroxyl groups excluding tert-OH is 2. The molecule has 0 heterocycles. The molecule has 0 atom stereocenters. The molecule has 0 aromatic heterocycles. The largest absolute Gasteiger partial charge is 0.395 e. The molecule has 164 valence electrons. The fourth-order valence-corrected chi connectivity index (χ4v) is 3.59. The lowest BCUT2D eigenvalue weighted by atomic mass is 10.2. The molecule has 0 spiro atoms. The second-order valence-corrected chi connectivity index (χ2v) is 7.24. The fraction of sp³-hybridized carbons (Fsp3) is 1.00. The smallest absolute Gasteiger partial charge is 0.0558 e. The van der Waals surface area contributed by atoms with Crippen LogP contribution in [0.4, 0.5) is 0 Å². The Kier molecular flexibility index (Phi) is 18.9. The van der Waals surface area contributed by atoms with Crippen LogP contribution >= 0.6 is 0 Å². The summed E-state index contributed by atoms with van der Waals surface area (Å²) in [4.78, 5) is 9.77. The molecule has 0 saturated heterocycles. The van der Waals surface area contributed by atoms with Crippen molar-refractivity contribution in [3.8, 4) is 0 Å². The highest BCUT2D eigenvalue weighted by Gasteiger charge is 2.09. The molecule has 0 rings (SSSR count). The summed E-state index contributed by atoms with van der Waals surface area (Å²) in [7, 11) is 0. The van der Waals surface area contributed by atoms with E-state index in [1.165, 1.54) is 25.9 Å². The van der Waals surface area contributed by atoms with Crippen molar-refractivity contribution in [2.45, 2.75) is 47.0 Å². The number of rotatable bonds is 20. The van der Waals surface area contributed by atoms with Crippen LogP contribution in [0.1, 0.15) is 47.0 Å². The number of nitrogens with zero attached hydrogens (tertiary/aromatic N) is 4. The van der Waals surface area contributed by atoms with Gasteiger partial charge in [0.2, 0.25) is 0 Å². The second kappa shape index (κ2) is 19.1. The van der Waals surface area contributed by atoms with Crippen LogP contribution in [0.3, 0.4) is 0 Å². The molecule has 0 aliphatic heterocycles. The summed E-state index contributed by atoms with van der Waals surface area (Å²) in [5, 5.41) is 18.3. The minimum atomic E-state index is 0.164. The van der Waals surface area contributed by atoms with Crippen molar-refractivity contribution in [2.75, 3.05) is 91.8 Å². The summed E-state index contributed by atoms with van der Waals surface area (Å²) >= 11 is 0. The quantitative estimate of drug-likeness (QED) is 0.329. The summed E-state index contributed by atoms with van der Waals surface area (Å²) in [5.41, 5.74) is 0. The molecule has 0 fully saturated rings. The first-order valence-electron chi connectivity index (χ1n) is 11.3. The zero-order valence-corrected chi connectivity index (χ0v) is 18.7. The average Bonchev–Trinajstić information content (AvgIpc) is 2.68. The number of hydrogen-bond donors (Lipinski definition) is 2. The standard InChI is InChI=1S/C21H48N4O2/c1-5-22(6-2)12-9-14-24(15-10-13-23(7-3)8-4)16-11-17-25(18-20-26)19-21-27/h26-27H,5-21H2,1-4H3. The van der Waals surface area contributed by atoms with Crippen molar-refractivity contribution < 1.29 is 10.2 Å². The second-order valence-electron chi connectivity index (χ2n) is 7.24. The molecule has 0 unspecified atom stereocenters. The average molecular weight is 389 g/mol. The monoisotopic (exact) mass is 388 g/mol. The Morgan fingerprint density at radius 3 is 0.926 bits per heavy atom. The molecule has 0 aliphatic rings. The third-order valence-electron chi connectivity index (χ3n) is 5.47. The van der Waals surface area contributed by atoms with Crippen LogP contribution in [0.15, 0.2) is 0 Å². The van der Waals surface area contributed by atoms with E-state index in [0.29, 0.717) is 13.1 Å². The predicted molar refractivity (Wildman–Crippen MR) is 116 cm³/mol. The van der Waals surface area contributed by atoms with Gasteiger partial charge in [-0.15, -0.1) is 0 Å². The van der Waals surface area contributed by atoms with Crippen LogP contribution < -0.4 is 0 Å². The molecular formula is C21H48N4O2. The van der Waals surface area contributed by atoms with Crippen molar-refractivity contribution in [2.24, 2.45) is 0 Å². The molecule has 0 aliphatic carbocycles. The van der Waals surface area contributed by atoms with Crippen molar-refractivity contribution in [1.29, 1.82) is 0 Å². The maximum atomic E-state index is 9.16. The summed E-state index contributed by atoms with van der Waals surface area (Å²) in [6.07, 6.45) is 3.55. The van der Waals surface area contributed by atoms with Crippen molar-refractivity contribution >= 4 is 0 Å². The summed E-state index contributed by atoms with van der Waals surface area (Å²) < 4.78 is 0. The van der Waals surface area contributed by atoms with E-state index in [4.69, 9.17) is 10.2 Å². The van der Waals surface area contributed by atoms with Crippen LogP contribution in [0, 0.1) is 0 Å². The minimum Gasteiger partial charge on any atom is -0.395 e. The first-order chi connectivity index (χ1) is 13.1. The van der Waals surface area contributed by atoms with E-state index in [9.17, 15) is 0 Å². The summed E-state index contributed by atoms with van der Waals surface area (Å²) in [5.74, 6) is 0. The molecule has 0 aromatic carbocycles. The van der Waals surface area contributed by atoms with Crippen LogP contribution in [-0.4, -0.2) is 122 Å². The van der Waals surface area contributed by atoms with Gasteiger partial charge in [0.05, 0.1) is 13.2 Å². The van der Waals surface area contributed by atoms with Crippen LogP contribution in [0.2, 0.25) is 0 Å². The zero-order valence-electron chi connectivity index (χ0n) is 18.7. The van der Waals surface area contributed by atoms with Crippen molar-refractivity contribution in [1.82, 2.24) is 19.6 Å². The Morgan fingerprint density at radius 1 is 0.407 bits per heavy atom. The van der Waals surface area contributed by atoms with Crippen molar-refractivity contribution in [3.63, 3.8) is 0 Å². The van der Waals surface area contributed by atoms with E-state index in [1.54, 1.807) is 0 Å². The van der Waals surface area contributed by atoms with Gasteiger partial charge in [-0.05, 0) is 84.7 Å². The SMILES string of the molecule is CCN(CC)CCCN(CCCN(CC)CC)CCCN(CCO)CCO. The fourth-order valence-electron chi connectivity index (χ4n) is 3.59. The van der Waals surface area contributed by atoms with E-state index < -0.39 is 0 Å². The molecule has 0 saturated carbocycles. The van der Waals surface area contributed by atoms with E-state index in [-0.39, 0.29) is 13.2 Å². The third-order valence-corrected chi connectivity index (χ3v) is 5.47. The van der Waals surface area contributed by atoms with Gasteiger partial charge in [0.1, 0.15) is 0 Å². The molecule has 0 radical (unpaired) electrons. The predicted octanol–water partition coefficient (Wildman–Crippen LogP) is 1.43. The molecule has 27 heavy (non-hydrogen) atoms. The van der Waals surface area contributed by atoms with Gasteiger partial charge in [-0.2, -0.15) is 0 Å². The molecule has 2 N–H and O–H groups in total. The maximum absolute atomic E-state index is 9.16. The Labute approximate surface area is 169 Å². The number of hydrogen-bond acceptors (Lipinski definition) is 6. The van der Waals surface area contributed by atoms with Gasteiger partial charge >= 0.3 is 0 Å². The lowest BCUT2D eigenvalue weighted by Crippen LogP contribution is -2.36. The first kappa shape index (κ1) is 26.8. The minimum absolute atomic E-state index is 0.164. The summed E-state index contributed by atoms with van der Waals surface area (Å²) in [6.45, 7) is 21.9. The molecular weight excluding hydrogens is 340 g/mol. The first-order valence-corrected chi connectivity index (χ1v) is 11.3. The Bertz CT molecular complexity index is 276. The van der Waals surface area contributed by atoms with Gasteiger partial charge in [-0.1, -0.05) is 27.7 Å². The van der Waals surface area contributed by atoms with Gasteiger partial charge in [0, 0.05) is 13.1 Å². The molecule has 0 aromatic rings. The van der Waals surface area contributed by atoms with Crippen molar-refractivity contribution in [3.05, 3.63) is 0 Å². The Balaban J connectivity index is 4.35. The van der Waals surface area contributed by atoms with Gasteiger partial charge < -0.3 is 24.9 Å². The van der Waals surface area contributed by atoms with Gasteiger partial charge in [-0.3, -0.25) is 4.90 Å². The Morgan fingerprint density at radius 2 is 0.667 bits per heavy atom. The third kappa shape index (κ3) is 14.4. The number of aliphatic hydroxyl groups is 2. The topological polar surface area (TPSA) is 53.4 Å². The molecule has 0 amide bonds. The van der Waals surface area contributed by atoms with E-state index in [2.05, 4.69) is 47.3 Å². The summed E-state index contributed by atoms with van der Waals surface area (Å²) in [6, 6.07) is 0. The lowest BCUT2D eigenvalue weighted by Gasteiger charge is -2.27. The molecule has 6 nitrogen and oxygen atoms in total. The zero-order chi connectivity index (χ0) is 20.3. The van der Waals surface area contributed by atoms with Gasteiger partial charge in [-0.25, -0.2) is 0 Å². The van der Waals surface area contributed by atoms with E-state index >= 15 is 0 Å². The normalized spacial score (nSPS) is 12.2. The van der Waals surface area contributed by atoms with Gasteiger partial charge in [0.25, 0.3) is 0 Å². The highest BCUT2D eigenvalue weighted by Crippen LogP contribution is 2.02. The Hall–Kier alpha value is -0.240. The van der Waals surface area contributed by atoms with E-state index in [0.717, 1.165) is 58.8 Å². The molecule has 0 bridgehead atoms. The van der Waals surface area contributed by atoms with Gasteiger partial charge in [0.15, 0.2) is 0 Å². The van der Waals surface area contributed by atoms with Crippen LogP contribution in [0.25, 0.3) is 0 Å². The van der Waals surface area contributed by atoms with Crippen LogP contribution in [0.5, 0.6) is 0 Å².